The molecule has 0 amide bonds. The van der Waals surface area contributed by atoms with Crippen LogP contribution in [0.25, 0.3) is 11.2 Å². The molecule has 1 saturated carbocycles. The zero-order valence-electron chi connectivity index (χ0n) is 10.6. The van der Waals surface area contributed by atoms with Gasteiger partial charge in [-0.15, -0.1) is 6.42 Å². The van der Waals surface area contributed by atoms with Crippen molar-refractivity contribution in [3.63, 3.8) is 0 Å². The van der Waals surface area contributed by atoms with Crippen LogP contribution in [-0.4, -0.2) is 30.7 Å². The summed E-state index contributed by atoms with van der Waals surface area (Å²) in [5, 5.41) is 10.0. The second-order valence-electron chi connectivity index (χ2n) is 5.11. The Bertz CT molecular complexity index is 721. The van der Waals surface area contributed by atoms with Crippen LogP contribution in [0.3, 0.4) is 0 Å². The van der Waals surface area contributed by atoms with Gasteiger partial charge in [-0.25, -0.2) is 4.98 Å². The summed E-state index contributed by atoms with van der Waals surface area (Å²) in [6.07, 6.45) is 6.18. The highest BCUT2D eigenvalue weighted by Crippen LogP contribution is 2.44. The van der Waals surface area contributed by atoms with Gasteiger partial charge in [0.05, 0.1) is 17.8 Å². The number of nitrogens with two attached hydrogens (primary N) is 1. The van der Waals surface area contributed by atoms with Crippen LogP contribution in [0, 0.1) is 30.8 Å². The van der Waals surface area contributed by atoms with E-state index in [0.29, 0.717) is 24.0 Å². The summed E-state index contributed by atoms with van der Waals surface area (Å²) in [5.74, 6) is 2.51. The Labute approximate surface area is 114 Å². The minimum Gasteiger partial charge on any atom is -0.391 e. The first-order chi connectivity index (χ1) is 9.44. The lowest BCUT2D eigenvalue weighted by molar-refractivity contribution is 0.119. The SMILES string of the molecule is C#C[C@@]1([CH2])C[C@H](n2cnc3c(N)nc(F)nc32)C[C@H]1O. The van der Waals surface area contributed by atoms with Crippen LogP contribution in [0.5, 0.6) is 0 Å². The van der Waals surface area contributed by atoms with E-state index in [9.17, 15) is 9.50 Å². The number of nitrogens with zero attached hydrogens (tertiary/aromatic N) is 4. The first-order valence-electron chi connectivity index (χ1n) is 6.11. The van der Waals surface area contributed by atoms with E-state index in [4.69, 9.17) is 12.2 Å². The molecule has 6 nitrogen and oxygen atoms in total. The highest BCUT2D eigenvalue weighted by atomic mass is 19.1. The standard InChI is InChI=1S/C13H13FN5O/c1-3-13(2)5-7(4-8(13)20)19-6-16-9-10(15)17-12(14)18-11(9)19/h1,6-8,20H,2,4-5H2,(H2,15,17,18)/t7-,8-,13+/m1/s1. The molecular formula is C13H13FN5O. The lowest BCUT2D eigenvalue weighted by Gasteiger charge is -2.20. The van der Waals surface area contributed by atoms with Crippen LogP contribution >= 0.6 is 0 Å². The Morgan fingerprint density at radius 1 is 1.60 bits per heavy atom. The van der Waals surface area contributed by atoms with Crippen LogP contribution < -0.4 is 5.73 Å². The summed E-state index contributed by atoms with van der Waals surface area (Å²) in [6.45, 7) is 3.89. The second kappa shape index (κ2) is 4.15. The van der Waals surface area contributed by atoms with E-state index in [1.807, 2.05) is 0 Å². The van der Waals surface area contributed by atoms with Gasteiger partial charge in [-0.2, -0.15) is 14.4 Å². The number of aliphatic hydroxyl groups excluding tert-OH is 1. The minimum atomic E-state index is -0.909. The monoisotopic (exact) mass is 274 g/mol. The van der Waals surface area contributed by atoms with E-state index < -0.39 is 17.6 Å². The van der Waals surface area contributed by atoms with Crippen molar-refractivity contribution in [2.24, 2.45) is 5.41 Å². The fourth-order valence-corrected chi connectivity index (χ4v) is 2.67. The smallest absolute Gasteiger partial charge is 0.312 e. The number of anilines is 1. The molecule has 2 aromatic rings. The van der Waals surface area contributed by atoms with E-state index >= 15 is 0 Å². The van der Waals surface area contributed by atoms with Gasteiger partial charge < -0.3 is 15.4 Å². The fourth-order valence-electron chi connectivity index (χ4n) is 2.67. The van der Waals surface area contributed by atoms with Crippen LogP contribution in [0.4, 0.5) is 10.2 Å². The van der Waals surface area contributed by atoms with E-state index in [1.54, 1.807) is 4.57 Å². The number of rotatable bonds is 1. The molecule has 2 heterocycles. The maximum atomic E-state index is 13.3. The molecule has 7 heteroatoms. The largest absolute Gasteiger partial charge is 0.391 e. The van der Waals surface area contributed by atoms with Gasteiger partial charge in [0, 0.05) is 6.04 Å². The lowest BCUT2D eigenvalue weighted by Crippen LogP contribution is -2.24. The maximum absolute atomic E-state index is 13.3. The second-order valence-corrected chi connectivity index (χ2v) is 5.11. The number of hydrogen-bond donors (Lipinski definition) is 2. The highest BCUT2D eigenvalue weighted by molar-refractivity contribution is 5.81. The molecule has 1 aliphatic carbocycles. The van der Waals surface area contributed by atoms with Crippen LogP contribution in [0.15, 0.2) is 6.33 Å². The number of fused-ring (bicyclic) bond motifs is 1. The molecular weight excluding hydrogens is 261 g/mol. The third-order valence-electron chi connectivity index (χ3n) is 3.84. The number of halogens is 1. The topological polar surface area (TPSA) is 89.9 Å². The van der Waals surface area contributed by atoms with Crippen molar-refractivity contribution in [1.82, 2.24) is 19.5 Å². The Balaban J connectivity index is 2.07. The number of terminal acetylenes is 1. The predicted molar refractivity (Wildman–Crippen MR) is 70.6 cm³/mol. The zero-order chi connectivity index (χ0) is 14.5. The van der Waals surface area contributed by atoms with E-state index in [1.165, 1.54) is 6.33 Å². The Morgan fingerprint density at radius 2 is 2.35 bits per heavy atom. The number of aromatic nitrogens is 4. The summed E-state index contributed by atoms with van der Waals surface area (Å²) in [7, 11) is 0. The Kier molecular flexibility index (Phi) is 2.66. The van der Waals surface area contributed by atoms with Crippen molar-refractivity contribution in [1.29, 1.82) is 0 Å². The molecule has 0 aliphatic heterocycles. The summed E-state index contributed by atoms with van der Waals surface area (Å²) in [4.78, 5) is 11.3. The van der Waals surface area contributed by atoms with Crippen LogP contribution in [0.1, 0.15) is 18.9 Å². The molecule has 0 bridgehead atoms. The van der Waals surface area contributed by atoms with Crippen molar-refractivity contribution < 1.29 is 9.50 Å². The van der Waals surface area contributed by atoms with Crippen LogP contribution in [0.2, 0.25) is 0 Å². The average molecular weight is 274 g/mol. The number of aliphatic hydroxyl groups is 1. The average Bonchev–Trinajstić information content (AvgIpc) is 2.92. The van der Waals surface area contributed by atoms with Crippen molar-refractivity contribution >= 4 is 17.0 Å². The molecule has 3 rings (SSSR count). The molecule has 1 aliphatic rings. The van der Waals surface area contributed by atoms with E-state index in [-0.39, 0.29) is 11.9 Å². The molecule has 0 saturated heterocycles. The summed E-state index contributed by atoms with van der Waals surface area (Å²) in [6, 6.07) is -0.155. The van der Waals surface area contributed by atoms with Crippen molar-refractivity contribution in [3.8, 4) is 12.3 Å². The molecule has 1 fully saturated rings. The number of hydrogen-bond acceptors (Lipinski definition) is 5. The first-order valence-corrected chi connectivity index (χ1v) is 6.11. The molecule has 0 unspecified atom stereocenters. The third-order valence-corrected chi connectivity index (χ3v) is 3.84. The van der Waals surface area contributed by atoms with E-state index in [0.717, 1.165) is 0 Å². The summed E-state index contributed by atoms with van der Waals surface area (Å²) >= 11 is 0. The molecule has 3 atom stereocenters. The van der Waals surface area contributed by atoms with Crippen molar-refractivity contribution in [2.45, 2.75) is 25.0 Å². The molecule has 20 heavy (non-hydrogen) atoms. The molecule has 0 spiro atoms. The normalized spacial score (nSPS) is 29.7. The quantitative estimate of drug-likeness (QED) is 0.590. The van der Waals surface area contributed by atoms with E-state index in [2.05, 4.69) is 27.8 Å². The first kappa shape index (κ1) is 12.8. The number of imidazole rings is 1. The molecule has 0 aromatic carbocycles. The van der Waals surface area contributed by atoms with Crippen molar-refractivity contribution in [3.05, 3.63) is 19.3 Å². The summed E-state index contributed by atoms with van der Waals surface area (Å²) < 4.78 is 15.0. The zero-order valence-corrected chi connectivity index (χ0v) is 10.6. The van der Waals surface area contributed by atoms with Gasteiger partial charge in [-0.05, 0) is 19.8 Å². The summed E-state index contributed by atoms with van der Waals surface area (Å²) in [5.41, 5.74) is 5.40. The highest BCUT2D eigenvalue weighted by Gasteiger charge is 2.43. The lowest BCUT2D eigenvalue weighted by atomic mass is 9.88. The molecule has 3 N–H and O–H groups in total. The fraction of sp³-hybridized carbons (Fsp3) is 0.385. The van der Waals surface area contributed by atoms with Gasteiger partial charge >= 0.3 is 6.08 Å². The van der Waals surface area contributed by atoms with Gasteiger partial charge in [-0.3, -0.25) is 0 Å². The number of nitrogen functional groups attached to an aromatic ring is 1. The van der Waals surface area contributed by atoms with Gasteiger partial charge in [0.15, 0.2) is 11.5 Å². The predicted octanol–water partition coefficient (Wildman–Crippen LogP) is 0.697. The van der Waals surface area contributed by atoms with Gasteiger partial charge in [0.2, 0.25) is 0 Å². The third kappa shape index (κ3) is 1.72. The maximum Gasteiger partial charge on any atom is 0.312 e. The Hall–Kier alpha value is -2.20. The molecule has 103 valence electrons. The van der Waals surface area contributed by atoms with Crippen molar-refractivity contribution in [2.75, 3.05) is 5.73 Å². The Morgan fingerprint density at radius 3 is 3.00 bits per heavy atom. The van der Waals surface area contributed by atoms with Gasteiger partial charge in [-0.1, -0.05) is 5.92 Å². The van der Waals surface area contributed by atoms with Crippen LogP contribution in [-0.2, 0) is 0 Å². The molecule has 1 radical (unpaired) electrons. The van der Waals surface area contributed by atoms with Gasteiger partial charge in [0.1, 0.15) is 5.52 Å². The van der Waals surface area contributed by atoms with Gasteiger partial charge in [0.25, 0.3) is 0 Å². The minimum absolute atomic E-state index is 0.0115. The molecule has 2 aromatic heterocycles.